The van der Waals surface area contributed by atoms with Gasteiger partial charge in [-0.1, -0.05) is 26.7 Å². The third-order valence-corrected chi connectivity index (χ3v) is 3.68. The Kier molecular flexibility index (Phi) is 8.90. The molecule has 0 aromatic rings. The van der Waals surface area contributed by atoms with E-state index in [0.29, 0.717) is 6.61 Å². The van der Waals surface area contributed by atoms with E-state index in [4.69, 9.17) is 10.8 Å². The molecule has 0 aliphatic rings. The summed E-state index contributed by atoms with van der Waals surface area (Å²) in [6.45, 7) is 9.93. The summed E-state index contributed by atoms with van der Waals surface area (Å²) in [5.41, 5.74) is 6.03. The van der Waals surface area contributed by atoms with Crippen LogP contribution in [0.1, 0.15) is 52.9 Å². The molecule has 0 fully saturated rings. The molecule has 3 nitrogen and oxygen atoms in total. The first-order chi connectivity index (χ1) is 7.64. The number of nitrogens with zero attached hydrogens (tertiary/aromatic N) is 1. The number of rotatable bonds is 10. The van der Waals surface area contributed by atoms with Crippen LogP contribution in [-0.2, 0) is 0 Å². The molecule has 0 aromatic carbocycles. The van der Waals surface area contributed by atoms with Gasteiger partial charge in [-0.25, -0.2) is 0 Å². The van der Waals surface area contributed by atoms with Gasteiger partial charge in [0.25, 0.3) is 0 Å². The fraction of sp³-hybridized carbons (Fsp3) is 1.00. The van der Waals surface area contributed by atoms with Crippen molar-refractivity contribution in [3.63, 3.8) is 0 Å². The first kappa shape index (κ1) is 15.9. The van der Waals surface area contributed by atoms with E-state index in [9.17, 15) is 0 Å². The Morgan fingerprint density at radius 3 is 2.19 bits per heavy atom. The van der Waals surface area contributed by atoms with Gasteiger partial charge >= 0.3 is 0 Å². The van der Waals surface area contributed by atoms with Crippen molar-refractivity contribution >= 4 is 0 Å². The highest BCUT2D eigenvalue weighted by Gasteiger charge is 2.26. The van der Waals surface area contributed by atoms with Crippen LogP contribution < -0.4 is 5.73 Å². The fourth-order valence-corrected chi connectivity index (χ4v) is 2.07. The Morgan fingerprint density at radius 1 is 1.12 bits per heavy atom. The van der Waals surface area contributed by atoms with Crippen molar-refractivity contribution < 1.29 is 5.11 Å². The summed E-state index contributed by atoms with van der Waals surface area (Å²) < 4.78 is 0. The molecule has 3 N–H and O–H groups in total. The van der Waals surface area contributed by atoms with Crippen molar-refractivity contribution in [2.45, 2.75) is 58.4 Å². The van der Waals surface area contributed by atoms with Gasteiger partial charge in [-0.3, -0.25) is 4.90 Å². The Balaban J connectivity index is 3.90. The highest BCUT2D eigenvalue weighted by molar-refractivity contribution is 4.85. The van der Waals surface area contributed by atoms with Gasteiger partial charge in [0.05, 0.1) is 0 Å². The van der Waals surface area contributed by atoms with E-state index in [1.807, 2.05) is 0 Å². The van der Waals surface area contributed by atoms with Crippen LogP contribution in [0.5, 0.6) is 0 Å². The van der Waals surface area contributed by atoms with Gasteiger partial charge in [0, 0.05) is 18.7 Å². The largest absolute Gasteiger partial charge is 0.396 e. The van der Waals surface area contributed by atoms with E-state index >= 15 is 0 Å². The standard InChI is InChI=1S/C13H30N2O/c1-4-13(3,12-14)15(5-2)10-8-6-7-9-11-16/h16H,4-12,14H2,1-3H3. The van der Waals surface area contributed by atoms with Crippen LogP contribution in [0.2, 0.25) is 0 Å². The number of aliphatic hydroxyl groups excluding tert-OH is 1. The van der Waals surface area contributed by atoms with Gasteiger partial charge in [0.15, 0.2) is 0 Å². The predicted molar refractivity (Wildman–Crippen MR) is 70.6 cm³/mol. The first-order valence-corrected chi connectivity index (χ1v) is 6.70. The van der Waals surface area contributed by atoms with Crippen LogP contribution in [0.4, 0.5) is 0 Å². The highest BCUT2D eigenvalue weighted by Crippen LogP contribution is 2.18. The maximum Gasteiger partial charge on any atom is 0.0431 e. The van der Waals surface area contributed by atoms with Crippen LogP contribution >= 0.6 is 0 Å². The monoisotopic (exact) mass is 230 g/mol. The van der Waals surface area contributed by atoms with Crippen LogP contribution in [0.25, 0.3) is 0 Å². The molecule has 0 rings (SSSR count). The zero-order valence-electron chi connectivity index (χ0n) is 11.3. The average Bonchev–Trinajstić information content (AvgIpc) is 2.33. The molecule has 16 heavy (non-hydrogen) atoms. The van der Waals surface area contributed by atoms with Crippen LogP contribution in [0.15, 0.2) is 0 Å². The van der Waals surface area contributed by atoms with Crippen molar-refractivity contribution in [1.29, 1.82) is 0 Å². The molecule has 0 aliphatic carbocycles. The molecule has 0 amide bonds. The minimum Gasteiger partial charge on any atom is -0.396 e. The minimum absolute atomic E-state index is 0.158. The maximum atomic E-state index is 8.70. The van der Waals surface area contributed by atoms with E-state index in [2.05, 4.69) is 25.7 Å². The van der Waals surface area contributed by atoms with Gasteiger partial charge < -0.3 is 10.8 Å². The van der Waals surface area contributed by atoms with Crippen LogP contribution in [0, 0.1) is 0 Å². The van der Waals surface area contributed by atoms with E-state index in [1.54, 1.807) is 0 Å². The predicted octanol–water partition coefficient (Wildman–Crippen LogP) is 1.99. The van der Waals surface area contributed by atoms with Crippen molar-refractivity contribution in [3.8, 4) is 0 Å². The van der Waals surface area contributed by atoms with Gasteiger partial charge in [0.2, 0.25) is 0 Å². The summed E-state index contributed by atoms with van der Waals surface area (Å²) in [6, 6.07) is 0. The molecule has 1 atom stereocenters. The highest BCUT2D eigenvalue weighted by atomic mass is 16.2. The van der Waals surface area contributed by atoms with Gasteiger partial charge in [-0.2, -0.15) is 0 Å². The summed E-state index contributed by atoms with van der Waals surface area (Å²) >= 11 is 0. The van der Waals surface area contributed by atoms with E-state index in [1.165, 1.54) is 12.8 Å². The third kappa shape index (κ3) is 5.28. The lowest BCUT2D eigenvalue weighted by Gasteiger charge is -2.39. The molecule has 98 valence electrons. The zero-order chi connectivity index (χ0) is 12.4. The molecule has 0 saturated heterocycles. The number of hydrogen-bond donors (Lipinski definition) is 2. The molecular weight excluding hydrogens is 200 g/mol. The van der Waals surface area contributed by atoms with E-state index in [0.717, 1.165) is 38.9 Å². The summed E-state index contributed by atoms with van der Waals surface area (Å²) in [7, 11) is 0. The molecule has 0 bridgehead atoms. The molecule has 0 aliphatic heterocycles. The smallest absolute Gasteiger partial charge is 0.0431 e. The molecule has 1 unspecified atom stereocenters. The molecule has 0 radical (unpaired) electrons. The summed E-state index contributed by atoms with van der Waals surface area (Å²) in [6.07, 6.45) is 5.60. The molecule has 0 heterocycles. The number of hydrogen-bond acceptors (Lipinski definition) is 3. The Morgan fingerprint density at radius 2 is 1.75 bits per heavy atom. The van der Waals surface area contributed by atoms with Crippen molar-refractivity contribution in [2.24, 2.45) is 5.73 Å². The van der Waals surface area contributed by atoms with Crippen molar-refractivity contribution in [2.75, 3.05) is 26.2 Å². The summed E-state index contributed by atoms with van der Waals surface area (Å²) in [5.74, 6) is 0. The quantitative estimate of drug-likeness (QED) is 0.564. The van der Waals surface area contributed by atoms with Gasteiger partial charge in [0.1, 0.15) is 0 Å². The lowest BCUT2D eigenvalue weighted by molar-refractivity contribution is 0.110. The SMILES string of the molecule is CCN(CCCCCCO)C(C)(CC)CN. The molecule has 0 saturated carbocycles. The van der Waals surface area contributed by atoms with Crippen LogP contribution in [-0.4, -0.2) is 41.8 Å². The Hall–Kier alpha value is -0.120. The maximum absolute atomic E-state index is 8.70. The minimum atomic E-state index is 0.158. The second kappa shape index (κ2) is 8.97. The number of aliphatic hydroxyl groups is 1. The van der Waals surface area contributed by atoms with Crippen molar-refractivity contribution in [3.05, 3.63) is 0 Å². The van der Waals surface area contributed by atoms with Crippen molar-refractivity contribution in [1.82, 2.24) is 4.90 Å². The summed E-state index contributed by atoms with van der Waals surface area (Å²) in [4.78, 5) is 2.49. The number of unbranched alkanes of at least 4 members (excludes halogenated alkanes) is 3. The normalized spacial score (nSPS) is 15.4. The van der Waals surface area contributed by atoms with E-state index < -0.39 is 0 Å². The number of nitrogens with two attached hydrogens (primary N) is 1. The second-order valence-electron chi connectivity index (χ2n) is 4.77. The van der Waals surface area contributed by atoms with Crippen LogP contribution in [0.3, 0.4) is 0 Å². The molecule has 3 heteroatoms. The zero-order valence-corrected chi connectivity index (χ0v) is 11.3. The van der Waals surface area contributed by atoms with E-state index in [-0.39, 0.29) is 5.54 Å². The lowest BCUT2D eigenvalue weighted by atomic mass is 9.96. The van der Waals surface area contributed by atoms with Gasteiger partial charge in [-0.15, -0.1) is 0 Å². The first-order valence-electron chi connectivity index (χ1n) is 6.70. The summed E-state index contributed by atoms with van der Waals surface area (Å²) in [5, 5.41) is 8.70. The average molecular weight is 230 g/mol. The topological polar surface area (TPSA) is 49.5 Å². The van der Waals surface area contributed by atoms with Gasteiger partial charge in [-0.05, 0) is 39.3 Å². The lowest BCUT2D eigenvalue weighted by Crippen LogP contribution is -2.51. The third-order valence-electron chi connectivity index (χ3n) is 3.68. The number of likely N-dealkylation sites (N-methyl/N-ethyl adjacent to an activating group) is 1. The second-order valence-corrected chi connectivity index (χ2v) is 4.77. The Bertz CT molecular complexity index is 158. The fourth-order valence-electron chi connectivity index (χ4n) is 2.07. The molecule has 0 spiro atoms. The Labute approximate surface area is 101 Å². The molecular formula is C13H30N2O. The molecule has 0 aromatic heterocycles.